The van der Waals surface area contributed by atoms with E-state index < -0.39 is 5.91 Å². The van der Waals surface area contributed by atoms with Crippen molar-refractivity contribution < 1.29 is 4.79 Å². The van der Waals surface area contributed by atoms with Crippen molar-refractivity contribution in [2.45, 2.75) is 25.8 Å². The lowest BCUT2D eigenvalue weighted by atomic mass is 10.0. The van der Waals surface area contributed by atoms with Crippen LogP contribution in [-0.2, 0) is 0 Å². The van der Waals surface area contributed by atoms with Gasteiger partial charge in [-0.05, 0) is 37.5 Å². The Kier molecular flexibility index (Phi) is 4.66. The standard InChI is InChI=1S/C12H15N3O.C2H4/c1-7-4-8(12(14)16)5-9(11(7)13)6-15-10-2-3-10;1-2/h4-6,10H,2-3,13H2,1H3,(H2,14,16);1-2H2. The van der Waals surface area contributed by atoms with E-state index in [9.17, 15) is 4.79 Å². The smallest absolute Gasteiger partial charge is 0.248 e. The maximum atomic E-state index is 11.1. The van der Waals surface area contributed by atoms with Gasteiger partial charge < -0.3 is 11.5 Å². The van der Waals surface area contributed by atoms with Crippen LogP contribution in [0.2, 0.25) is 0 Å². The number of benzene rings is 1. The fraction of sp³-hybridized carbons (Fsp3) is 0.286. The monoisotopic (exact) mass is 245 g/mol. The fourth-order valence-corrected chi connectivity index (χ4v) is 1.48. The maximum Gasteiger partial charge on any atom is 0.248 e. The number of aliphatic imine (C=N–C) groups is 1. The summed E-state index contributed by atoms with van der Waals surface area (Å²) in [6.07, 6.45) is 4.03. The van der Waals surface area contributed by atoms with E-state index in [-0.39, 0.29) is 0 Å². The molecule has 0 saturated heterocycles. The highest BCUT2D eigenvalue weighted by molar-refractivity contribution is 5.97. The van der Waals surface area contributed by atoms with Crippen molar-refractivity contribution in [1.82, 2.24) is 0 Å². The molecule has 1 aromatic rings. The van der Waals surface area contributed by atoms with Crippen LogP contribution < -0.4 is 11.5 Å². The third kappa shape index (κ3) is 3.45. The molecule has 0 aliphatic heterocycles. The molecule has 0 bridgehead atoms. The number of amides is 1. The molecular formula is C14H19N3O. The summed E-state index contributed by atoms with van der Waals surface area (Å²) in [6, 6.07) is 3.83. The van der Waals surface area contributed by atoms with Gasteiger partial charge in [-0.25, -0.2) is 0 Å². The Labute approximate surface area is 107 Å². The van der Waals surface area contributed by atoms with Crippen LogP contribution in [0.3, 0.4) is 0 Å². The highest BCUT2D eigenvalue weighted by atomic mass is 16.1. The lowest BCUT2D eigenvalue weighted by Crippen LogP contribution is -2.12. The number of nitrogen functional groups attached to an aromatic ring is 1. The minimum atomic E-state index is -0.441. The quantitative estimate of drug-likeness (QED) is 0.485. The molecule has 0 radical (unpaired) electrons. The van der Waals surface area contributed by atoms with Crippen molar-refractivity contribution in [3.8, 4) is 0 Å². The Hall–Kier alpha value is -2.10. The second-order valence-corrected chi connectivity index (χ2v) is 4.17. The van der Waals surface area contributed by atoms with E-state index in [2.05, 4.69) is 18.2 Å². The third-order valence-electron chi connectivity index (χ3n) is 2.67. The molecule has 4 N–H and O–H groups in total. The first-order valence-electron chi connectivity index (χ1n) is 5.81. The average molecular weight is 245 g/mol. The van der Waals surface area contributed by atoms with Gasteiger partial charge in [0.15, 0.2) is 0 Å². The Morgan fingerprint density at radius 1 is 1.44 bits per heavy atom. The Balaban J connectivity index is 0.000000771. The van der Waals surface area contributed by atoms with Gasteiger partial charge >= 0.3 is 0 Å². The highest BCUT2D eigenvalue weighted by Gasteiger charge is 2.19. The predicted octanol–water partition coefficient (Wildman–Crippen LogP) is 2.06. The minimum Gasteiger partial charge on any atom is -0.398 e. The van der Waals surface area contributed by atoms with Crippen molar-refractivity contribution in [3.63, 3.8) is 0 Å². The van der Waals surface area contributed by atoms with Gasteiger partial charge in [-0.15, -0.1) is 13.2 Å². The van der Waals surface area contributed by atoms with Crippen molar-refractivity contribution >= 4 is 17.8 Å². The molecule has 18 heavy (non-hydrogen) atoms. The van der Waals surface area contributed by atoms with Crippen LogP contribution >= 0.6 is 0 Å². The van der Waals surface area contributed by atoms with Gasteiger partial charge in [0, 0.05) is 23.0 Å². The molecule has 1 aromatic carbocycles. The van der Waals surface area contributed by atoms with Crippen LogP contribution in [0.1, 0.15) is 34.3 Å². The molecule has 0 heterocycles. The number of rotatable bonds is 3. The molecule has 4 nitrogen and oxygen atoms in total. The lowest BCUT2D eigenvalue weighted by Gasteiger charge is -2.06. The molecule has 0 atom stereocenters. The molecule has 0 spiro atoms. The van der Waals surface area contributed by atoms with E-state index in [1.807, 2.05) is 6.92 Å². The summed E-state index contributed by atoms with van der Waals surface area (Å²) in [6.45, 7) is 7.86. The summed E-state index contributed by atoms with van der Waals surface area (Å²) >= 11 is 0. The van der Waals surface area contributed by atoms with Crippen LogP contribution in [0.5, 0.6) is 0 Å². The average Bonchev–Trinajstić information content (AvgIpc) is 3.17. The number of aryl methyl sites for hydroxylation is 1. The molecule has 0 aromatic heterocycles. The highest BCUT2D eigenvalue weighted by Crippen LogP contribution is 2.24. The Morgan fingerprint density at radius 2 is 2.06 bits per heavy atom. The van der Waals surface area contributed by atoms with Crippen LogP contribution in [0.15, 0.2) is 30.3 Å². The summed E-state index contributed by atoms with van der Waals surface area (Å²) in [5.41, 5.74) is 13.9. The normalized spacial score (nSPS) is 14.1. The van der Waals surface area contributed by atoms with E-state index in [1.54, 1.807) is 18.3 Å². The van der Waals surface area contributed by atoms with Gasteiger partial charge in [0.1, 0.15) is 0 Å². The largest absolute Gasteiger partial charge is 0.398 e. The number of hydrogen-bond acceptors (Lipinski definition) is 3. The zero-order valence-corrected chi connectivity index (χ0v) is 10.6. The maximum absolute atomic E-state index is 11.1. The van der Waals surface area contributed by atoms with Crippen molar-refractivity contribution in [1.29, 1.82) is 0 Å². The van der Waals surface area contributed by atoms with Crippen molar-refractivity contribution in [2.75, 3.05) is 5.73 Å². The van der Waals surface area contributed by atoms with Crippen LogP contribution in [0, 0.1) is 6.92 Å². The molecule has 1 fully saturated rings. The molecule has 1 aliphatic carbocycles. The number of hydrogen-bond donors (Lipinski definition) is 2. The molecule has 0 unspecified atom stereocenters. The molecule has 1 saturated carbocycles. The number of primary amides is 1. The summed E-state index contributed by atoms with van der Waals surface area (Å²) in [5, 5.41) is 0. The molecule has 2 rings (SSSR count). The van der Waals surface area contributed by atoms with Crippen LogP contribution in [0.25, 0.3) is 0 Å². The summed E-state index contributed by atoms with van der Waals surface area (Å²) in [4.78, 5) is 15.5. The summed E-state index contributed by atoms with van der Waals surface area (Å²) < 4.78 is 0. The molecule has 1 amide bonds. The third-order valence-corrected chi connectivity index (χ3v) is 2.67. The predicted molar refractivity (Wildman–Crippen MR) is 76.0 cm³/mol. The second kappa shape index (κ2) is 6.00. The topological polar surface area (TPSA) is 81.5 Å². The first-order chi connectivity index (χ1) is 8.58. The second-order valence-electron chi connectivity index (χ2n) is 4.17. The Bertz CT molecular complexity index is 476. The lowest BCUT2D eigenvalue weighted by molar-refractivity contribution is 0.1000. The summed E-state index contributed by atoms with van der Waals surface area (Å²) in [5.74, 6) is -0.441. The molecule has 1 aliphatic rings. The van der Waals surface area contributed by atoms with Crippen molar-refractivity contribution in [2.24, 2.45) is 10.7 Å². The van der Waals surface area contributed by atoms with Gasteiger partial charge in [0.2, 0.25) is 5.91 Å². The summed E-state index contributed by atoms with van der Waals surface area (Å²) in [7, 11) is 0. The van der Waals surface area contributed by atoms with E-state index in [1.165, 1.54) is 0 Å². The fourth-order valence-electron chi connectivity index (χ4n) is 1.48. The van der Waals surface area contributed by atoms with Gasteiger partial charge in [-0.3, -0.25) is 9.79 Å². The van der Waals surface area contributed by atoms with E-state index in [4.69, 9.17) is 11.5 Å². The zero-order valence-electron chi connectivity index (χ0n) is 10.6. The van der Waals surface area contributed by atoms with E-state index >= 15 is 0 Å². The number of anilines is 1. The van der Waals surface area contributed by atoms with E-state index in [0.29, 0.717) is 17.3 Å². The number of nitrogens with two attached hydrogens (primary N) is 2. The SMILES string of the molecule is C=C.Cc1cc(C(N)=O)cc(C=NC2CC2)c1N. The van der Waals surface area contributed by atoms with Crippen molar-refractivity contribution in [3.05, 3.63) is 42.0 Å². The molecule has 96 valence electrons. The van der Waals surface area contributed by atoms with Gasteiger partial charge in [-0.1, -0.05) is 0 Å². The van der Waals surface area contributed by atoms with Gasteiger partial charge in [0.25, 0.3) is 0 Å². The first-order valence-corrected chi connectivity index (χ1v) is 5.81. The van der Waals surface area contributed by atoms with Crippen LogP contribution in [-0.4, -0.2) is 18.2 Å². The zero-order chi connectivity index (χ0) is 13.7. The van der Waals surface area contributed by atoms with Gasteiger partial charge in [-0.2, -0.15) is 0 Å². The number of carbonyl (C=O) groups is 1. The minimum absolute atomic E-state index is 0.441. The van der Waals surface area contributed by atoms with Crippen LogP contribution in [0.4, 0.5) is 5.69 Å². The number of nitrogens with zero attached hydrogens (tertiary/aromatic N) is 1. The molecular weight excluding hydrogens is 226 g/mol. The number of carbonyl (C=O) groups excluding carboxylic acids is 1. The van der Waals surface area contributed by atoms with E-state index in [0.717, 1.165) is 24.0 Å². The van der Waals surface area contributed by atoms with Gasteiger partial charge in [0.05, 0.1) is 6.04 Å². The molecule has 4 heteroatoms. The first kappa shape index (κ1) is 14.0. The Morgan fingerprint density at radius 3 is 2.56 bits per heavy atom.